The topological polar surface area (TPSA) is 61.0 Å². The van der Waals surface area contributed by atoms with Gasteiger partial charge in [-0.05, 0) is 24.3 Å². The smallest absolute Gasteiger partial charge is 0.154 e. The fourth-order valence-corrected chi connectivity index (χ4v) is 2.09. The normalized spacial score (nSPS) is 9.57. The van der Waals surface area contributed by atoms with Crippen LogP contribution in [0.2, 0.25) is 0 Å². The van der Waals surface area contributed by atoms with E-state index in [9.17, 15) is 0 Å². The molecule has 6 heteroatoms. The summed E-state index contributed by atoms with van der Waals surface area (Å²) in [5.74, 6) is 1.27. The molecule has 2 N–H and O–H groups in total. The van der Waals surface area contributed by atoms with E-state index in [1.165, 1.54) is 0 Å². The molecule has 0 bridgehead atoms. The first-order valence-corrected chi connectivity index (χ1v) is 5.95. The molecule has 0 saturated carbocycles. The van der Waals surface area contributed by atoms with Crippen LogP contribution in [0.3, 0.4) is 0 Å². The van der Waals surface area contributed by atoms with Gasteiger partial charge >= 0.3 is 0 Å². The van der Waals surface area contributed by atoms with Crippen molar-refractivity contribution < 1.29 is 4.74 Å². The number of methoxy groups -OCH3 is 1. The number of aromatic nitrogens is 2. The lowest BCUT2D eigenvalue weighted by Gasteiger charge is -2.07. The minimum absolute atomic E-state index is 0. The van der Waals surface area contributed by atoms with Gasteiger partial charge in [-0.3, -0.25) is 0 Å². The summed E-state index contributed by atoms with van der Waals surface area (Å²) in [7, 11) is 1.65. The maximum Gasteiger partial charge on any atom is 0.154 e. The van der Waals surface area contributed by atoms with Gasteiger partial charge in [0.2, 0.25) is 0 Å². The van der Waals surface area contributed by atoms with E-state index in [2.05, 4.69) is 10.2 Å². The van der Waals surface area contributed by atoms with E-state index in [-0.39, 0.29) is 24.8 Å². The number of nitrogens with two attached hydrogens (primary N) is 1. The Hall–Kier alpha value is -2.04. The predicted molar refractivity (Wildman–Crippen MR) is 90.4 cm³/mol. The van der Waals surface area contributed by atoms with Crippen molar-refractivity contribution in [3.8, 4) is 17.0 Å². The van der Waals surface area contributed by atoms with E-state index in [4.69, 9.17) is 10.5 Å². The lowest BCUT2D eigenvalue weighted by Crippen LogP contribution is -1.97. The van der Waals surface area contributed by atoms with Crippen LogP contribution in [0.15, 0.2) is 48.5 Å². The average Bonchev–Trinajstić information content (AvgIpc) is 2.48. The zero-order chi connectivity index (χ0) is 13.2. The largest absolute Gasteiger partial charge is 0.497 e. The second-order valence-corrected chi connectivity index (χ2v) is 4.21. The summed E-state index contributed by atoms with van der Waals surface area (Å²) < 4.78 is 5.16. The van der Waals surface area contributed by atoms with Crippen LogP contribution in [0, 0.1) is 0 Å². The zero-order valence-electron chi connectivity index (χ0n) is 11.3. The summed E-state index contributed by atoms with van der Waals surface area (Å²) in [6.45, 7) is 0. The molecule has 0 amide bonds. The summed E-state index contributed by atoms with van der Waals surface area (Å²) in [5, 5.41) is 10.2. The highest BCUT2D eigenvalue weighted by Crippen LogP contribution is 2.29. The van der Waals surface area contributed by atoms with Crippen molar-refractivity contribution in [1.82, 2.24) is 10.2 Å². The predicted octanol–water partition coefficient (Wildman–Crippen LogP) is 3.73. The summed E-state index contributed by atoms with van der Waals surface area (Å²) in [6.07, 6.45) is 0. The molecule has 0 aliphatic carbocycles. The Kier molecular flexibility index (Phi) is 5.76. The second-order valence-electron chi connectivity index (χ2n) is 4.21. The molecule has 0 aliphatic rings. The van der Waals surface area contributed by atoms with Gasteiger partial charge in [0.15, 0.2) is 5.82 Å². The van der Waals surface area contributed by atoms with Crippen molar-refractivity contribution in [3.05, 3.63) is 48.5 Å². The van der Waals surface area contributed by atoms with Crippen LogP contribution in [0.4, 0.5) is 5.82 Å². The summed E-state index contributed by atoms with van der Waals surface area (Å²) in [4.78, 5) is 0. The SMILES string of the molecule is COc1ccc(-c2nnc(N)c3ccccc23)cc1.Cl.Cl. The molecule has 0 unspecified atom stereocenters. The van der Waals surface area contributed by atoms with Gasteiger partial charge in [0.25, 0.3) is 0 Å². The fourth-order valence-electron chi connectivity index (χ4n) is 2.09. The van der Waals surface area contributed by atoms with Gasteiger partial charge in [0.05, 0.1) is 7.11 Å². The maximum absolute atomic E-state index is 5.86. The number of hydrogen-bond acceptors (Lipinski definition) is 4. The van der Waals surface area contributed by atoms with Crippen molar-refractivity contribution in [2.45, 2.75) is 0 Å². The highest BCUT2D eigenvalue weighted by Gasteiger charge is 2.08. The fraction of sp³-hybridized carbons (Fsp3) is 0.0667. The lowest BCUT2D eigenvalue weighted by molar-refractivity contribution is 0.415. The number of rotatable bonds is 2. The Morgan fingerprint density at radius 2 is 1.48 bits per heavy atom. The first kappa shape index (κ1) is 17.0. The summed E-state index contributed by atoms with van der Waals surface area (Å²) in [6, 6.07) is 15.6. The van der Waals surface area contributed by atoms with E-state index in [1.807, 2.05) is 48.5 Å². The first-order chi connectivity index (χ1) is 9.29. The molecular formula is C15H15Cl2N3O. The summed E-state index contributed by atoms with van der Waals surface area (Å²) in [5.41, 5.74) is 7.67. The van der Waals surface area contributed by atoms with E-state index in [0.29, 0.717) is 5.82 Å². The molecule has 1 aromatic heterocycles. The quantitative estimate of drug-likeness (QED) is 0.780. The average molecular weight is 324 g/mol. The summed E-state index contributed by atoms with van der Waals surface area (Å²) >= 11 is 0. The van der Waals surface area contributed by atoms with Gasteiger partial charge < -0.3 is 10.5 Å². The van der Waals surface area contributed by atoms with Gasteiger partial charge in [0.1, 0.15) is 11.4 Å². The molecule has 4 nitrogen and oxygen atoms in total. The molecule has 0 saturated heterocycles. The third kappa shape index (κ3) is 3.17. The Labute approximate surface area is 135 Å². The minimum Gasteiger partial charge on any atom is -0.497 e. The molecule has 0 fully saturated rings. The third-order valence-corrected chi connectivity index (χ3v) is 3.08. The Morgan fingerprint density at radius 1 is 0.857 bits per heavy atom. The van der Waals surface area contributed by atoms with Crippen molar-refractivity contribution in [3.63, 3.8) is 0 Å². The van der Waals surface area contributed by atoms with Gasteiger partial charge in [-0.1, -0.05) is 24.3 Å². The number of halogens is 2. The Bertz CT molecular complexity index is 733. The van der Waals surface area contributed by atoms with Crippen molar-refractivity contribution in [1.29, 1.82) is 0 Å². The number of anilines is 1. The molecule has 110 valence electrons. The van der Waals surface area contributed by atoms with Gasteiger partial charge in [-0.15, -0.1) is 35.0 Å². The van der Waals surface area contributed by atoms with E-state index < -0.39 is 0 Å². The number of benzene rings is 2. The molecule has 1 heterocycles. The molecule has 0 atom stereocenters. The first-order valence-electron chi connectivity index (χ1n) is 5.95. The molecule has 21 heavy (non-hydrogen) atoms. The molecule has 2 aromatic carbocycles. The monoisotopic (exact) mass is 323 g/mol. The molecule has 0 spiro atoms. The second kappa shape index (κ2) is 7.11. The van der Waals surface area contributed by atoms with E-state index >= 15 is 0 Å². The van der Waals surface area contributed by atoms with Crippen LogP contribution in [-0.2, 0) is 0 Å². The Balaban J connectivity index is 0.00000110. The Morgan fingerprint density at radius 3 is 2.10 bits per heavy atom. The van der Waals surface area contributed by atoms with E-state index in [0.717, 1.165) is 27.8 Å². The van der Waals surface area contributed by atoms with Gasteiger partial charge in [-0.25, -0.2) is 0 Å². The maximum atomic E-state index is 5.86. The molecule has 3 rings (SSSR count). The minimum atomic E-state index is 0. The van der Waals surface area contributed by atoms with Crippen LogP contribution >= 0.6 is 24.8 Å². The van der Waals surface area contributed by atoms with Crippen molar-refractivity contribution in [2.24, 2.45) is 0 Å². The van der Waals surface area contributed by atoms with E-state index in [1.54, 1.807) is 7.11 Å². The van der Waals surface area contributed by atoms with Crippen LogP contribution in [0.5, 0.6) is 5.75 Å². The highest BCUT2D eigenvalue weighted by molar-refractivity contribution is 5.99. The molecular weight excluding hydrogens is 309 g/mol. The lowest BCUT2D eigenvalue weighted by atomic mass is 10.0. The number of hydrogen-bond donors (Lipinski definition) is 1. The molecule has 0 aliphatic heterocycles. The van der Waals surface area contributed by atoms with Crippen LogP contribution in [0.1, 0.15) is 0 Å². The zero-order valence-corrected chi connectivity index (χ0v) is 12.9. The highest BCUT2D eigenvalue weighted by atomic mass is 35.5. The van der Waals surface area contributed by atoms with Crippen LogP contribution in [-0.4, -0.2) is 17.3 Å². The number of nitrogen functional groups attached to an aromatic ring is 1. The number of nitrogens with zero attached hydrogens (tertiary/aromatic N) is 2. The van der Waals surface area contributed by atoms with Crippen LogP contribution in [0.25, 0.3) is 22.0 Å². The standard InChI is InChI=1S/C15H13N3O.2ClH/c1-19-11-8-6-10(7-9-11)14-12-4-2-3-5-13(12)15(16)18-17-14;;/h2-9H,1H3,(H2,16,18);2*1H. The number of fused-ring (bicyclic) bond motifs is 1. The third-order valence-electron chi connectivity index (χ3n) is 3.08. The van der Waals surface area contributed by atoms with Gasteiger partial charge in [-0.2, -0.15) is 0 Å². The van der Waals surface area contributed by atoms with Gasteiger partial charge in [0, 0.05) is 16.3 Å². The molecule has 0 radical (unpaired) electrons. The van der Waals surface area contributed by atoms with Crippen LogP contribution < -0.4 is 10.5 Å². The molecule has 3 aromatic rings. The number of ether oxygens (including phenoxy) is 1. The van der Waals surface area contributed by atoms with Crippen molar-refractivity contribution >= 4 is 41.4 Å². The van der Waals surface area contributed by atoms with Crippen molar-refractivity contribution in [2.75, 3.05) is 12.8 Å².